The second-order valence-corrected chi connectivity index (χ2v) is 5.64. The Bertz CT molecular complexity index is 559. The lowest BCUT2D eigenvalue weighted by Crippen LogP contribution is -2.32. The number of thiophene rings is 1. The van der Waals surface area contributed by atoms with E-state index in [2.05, 4.69) is 20.7 Å². The van der Waals surface area contributed by atoms with Gasteiger partial charge < -0.3 is 10.6 Å². The fraction of sp³-hybridized carbons (Fsp3) is 0.462. The third kappa shape index (κ3) is 3.05. The van der Waals surface area contributed by atoms with Gasteiger partial charge in [-0.15, -0.1) is 5.10 Å². The van der Waals surface area contributed by atoms with E-state index in [0.717, 1.165) is 31.5 Å². The predicted molar refractivity (Wildman–Crippen MR) is 76.7 cm³/mol. The van der Waals surface area contributed by atoms with Crippen LogP contribution in [0.4, 0.5) is 0 Å². The van der Waals surface area contributed by atoms with Crippen LogP contribution in [-0.2, 0) is 6.54 Å². The third-order valence-corrected chi connectivity index (χ3v) is 4.12. The van der Waals surface area contributed by atoms with Crippen molar-refractivity contribution in [2.45, 2.75) is 25.4 Å². The molecule has 1 fully saturated rings. The second-order valence-electron chi connectivity index (χ2n) is 4.86. The normalized spacial score (nSPS) is 18.9. The van der Waals surface area contributed by atoms with Crippen LogP contribution in [0.3, 0.4) is 0 Å². The Balaban J connectivity index is 1.59. The molecule has 1 aliphatic heterocycles. The third-order valence-electron chi connectivity index (χ3n) is 3.39. The summed E-state index contributed by atoms with van der Waals surface area (Å²) >= 11 is 1.62. The van der Waals surface area contributed by atoms with E-state index in [-0.39, 0.29) is 11.7 Å². The molecule has 7 heteroatoms. The molecule has 1 aliphatic rings. The average molecular weight is 291 g/mol. The first-order chi connectivity index (χ1) is 9.83. The van der Waals surface area contributed by atoms with Crippen molar-refractivity contribution in [3.63, 3.8) is 0 Å². The van der Waals surface area contributed by atoms with Crippen LogP contribution in [-0.4, -0.2) is 33.8 Å². The Morgan fingerprint density at radius 1 is 1.60 bits per heavy atom. The number of amides is 1. The maximum Gasteiger partial charge on any atom is 0.291 e. The van der Waals surface area contributed by atoms with Gasteiger partial charge in [0.05, 0.1) is 6.04 Å². The summed E-state index contributed by atoms with van der Waals surface area (Å²) in [5, 5.41) is 14.5. The predicted octanol–water partition coefficient (Wildman–Crippen LogP) is 1.19. The maximum absolute atomic E-state index is 12.0. The van der Waals surface area contributed by atoms with Gasteiger partial charge in [-0.05, 0) is 41.8 Å². The summed E-state index contributed by atoms with van der Waals surface area (Å²) < 4.78 is 1.80. The molecule has 1 amide bonds. The summed E-state index contributed by atoms with van der Waals surface area (Å²) in [5.74, 6) is 0.0181. The monoisotopic (exact) mass is 291 g/mol. The minimum absolute atomic E-state index is 0.223. The highest BCUT2D eigenvalue weighted by Crippen LogP contribution is 2.14. The summed E-state index contributed by atoms with van der Waals surface area (Å²) in [4.78, 5) is 16.1. The zero-order valence-electron chi connectivity index (χ0n) is 11.1. The van der Waals surface area contributed by atoms with E-state index < -0.39 is 0 Å². The van der Waals surface area contributed by atoms with Gasteiger partial charge in [-0.2, -0.15) is 11.3 Å². The minimum Gasteiger partial charge on any atom is -0.345 e. The van der Waals surface area contributed by atoms with Crippen molar-refractivity contribution in [2.24, 2.45) is 0 Å². The van der Waals surface area contributed by atoms with Crippen LogP contribution in [0, 0.1) is 0 Å². The number of rotatable bonds is 4. The number of carbonyl (C=O) groups excluding carboxylic acids is 1. The lowest BCUT2D eigenvalue weighted by atomic mass is 10.1. The minimum atomic E-state index is -0.223. The Labute approximate surface area is 121 Å². The Hall–Kier alpha value is -1.73. The molecule has 2 aromatic heterocycles. The standard InChI is InChI=1S/C13H17N5OS/c19-13(15-6-10-3-5-20-8-10)12-16-9-18(17-12)11-2-1-4-14-7-11/h3,5,8-9,11,14H,1-2,4,6-7H2,(H,15,19)/t11-/m0/s1. The van der Waals surface area contributed by atoms with Crippen LogP contribution in [0.5, 0.6) is 0 Å². The highest BCUT2D eigenvalue weighted by atomic mass is 32.1. The molecule has 20 heavy (non-hydrogen) atoms. The van der Waals surface area contributed by atoms with Crippen LogP contribution in [0.2, 0.25) is 0 Å². The van der Waals surface area contributed by atoms with E-state index in [1.54, 1.807) is 22.3 Å². The highest BCUT2D eigenvalue weighted by molar-refractivity contribution is 7.07. The van der Waals surface area contributed by atoms with Gasteiger partial charge in [-0.1, -0.05) is 0 Å². The average Bonchev–Trinajstić information content (AvgIpc) is 3.17. The molecule has 3 rings (SSSR count). The molecule has 1 atom stereocenters. The molecule has 0 spiro atoms. The molecular weight excluding hydrogens is 274 g/mol. The van der Waals surface area contributed by atoms with Gasteiger partial charge in [0.1, 0.15) is 6.33 Å². The van der Waals surface area contributed by atoms with Crippen molar-refractivity contribution < 1.29 is 4.79 Å². The molecule has 0 radical (unpaired) electrons. The zero-order valence-corrected chi connectivity index (χ0v) is 11.9. The molecule has 0 bridgehead atoms. The van der Waals surface area contributed by atoms with Crippen molar-refractivity contribution in [1.82, 2.24) is 25.4 Å². The van der Waals surface area contributed by atoms with Gasteiger partial charge in [0.2, 0.25) is 5.82 Å². The number of carbonyl (C=O) groups is 1. The van der Waals surface area contributed by atoms with Gasteiger partial charge in [0.15, 0.2) is 0 Å². The van der Waals surface area contributed by atoms with E-state index in [0.29, 0.717) is 12.6 Å². The molecule has 106 valence electrons. The first kappa shape index (κ1) is 13.3. The molecule has 2 aromatic rings. The van der Waals surface area contributed by atoms with Gasteiger partial charge in [-0.25, -0.2) is 9.67 Å². The number of hydrogen-bond donors (Lipinski definition) is 2. The molecule has 0 unspecified atom stereocenters. The van der Waals surface area contributed by atoms with Crippen molar-refractivity contribution in [1.29, 1.82) is 0 Å². The fourth-order valence-electron chi connectivity index (χ4n) is 2.27. The van der Waals surface area contributed by atoms with E-state index in [1.165, 1.54) is 0 Å². The van der Waals surface area contributed by atoms with Gasteiger partial charge in [0.25, 0.3) is 5.91 Å². The Kier molecular flexibility index (Phi) is 4.08. The first-order valence-electron chi connectivity index (χ1n) is 6.74. The first-order valence-corrected chi connectivity index (χ1v) is 7.68. The lowest BCUT2D eigenvalue weighted by Gasteiger charge is -2.22. The molecule has 6 nitrogen and oxygen atoms in total. The second kappa shape index (κ2) is 6.15. The highest BCUT2D eigenvalue weighted by Gasteiger charge is 2.18. The van der Waals surface area contributed by atoms with Gasteiger partial charge in [-0.3, -0.25) is 4.79 Å². The van der Waals surface area contributed by atoms with Crippen LogP contribution in [0.25, 0.3) is 0 Å². The van der Waals surface area contributed by atoms with Crippen LogP contribution >= 0.6 is 11.3 Å². The van der Waals surface area contributed by atoms with Gasteiger partial charge in [0, 0.05) is 13.1 Å². The molecule has 2 N–H and O–H groups in total. The van der Waals surface area contributed by atoms with Crippen molar-refractivity contribution >= 4 is 17.2 Å². The Morgan fingerprint density at radius 3 is 3.30 bits per heavy atom. The van der Waals surface area contributed by atoms with Crippen molar-refractivity contribution in [3.8, 4) is 0 Å². The zero-order chi connectivity index (χ0) is 13.8. The summed E-state index contributed by atoms with van der Waals surface area (Å²) in [6, 6.07) is 2.29. The van der Waals surface area contributed by atoms with E-state index in [4.69, 9.17) is 0 Å². The lowest BCUT2D eigenvalue weighted by molar-refractivity contribution is 0.0940. The summed E-state index contributed by atoms with van der Waals surface area (Å²) in [6.07, 6.45) is 3.85. The quantitative estimate of drug-likeness (QED) is 0.888. The van der Waals surface area contributed by atoms with Crippen molar-refractivity contribution in [2.75, 3.05) is 13.1 Å². The molecule has 0 aromatic carbocycles. The number of nitrogens with one attached hydrogen (secondary N) is 2. The summed E-state index contributed by atoms with van der Waals surface area (Å²) in [7, 11) is 0. The van der Waals surface area contributed by atoms with Crippen LogP contribution in [0.1, 0.15) is 35.1 Å². The van der Waals surface area contributed by atoms with Crippen LogP contribution in [0.15, 0.2) is 23.2 Å². The van der Waals surface area contributed by atoms with Gasteiger partial charge >= 0.3 is 0 Å². The van der Waals surface area contributed by atoms with E-state index in [9.17, 15) is 4.79 Å². The number of piperidine rings is 1. The van der Waals surface area contributed by atoms with E-state index in [1.807, 2.05) is 16.8 Å². The Morgan fingerprint density at radius 2 is 2.55 bits per heavy atom. The molecule has 0 aliphatic carbocycles. The number of hydrogen-bond acceptors (Lipinski definition) is 5. The molecule has 0 saturated carbocycles. The number of nitrogens with zero attached hydrogens (tertiary/aromatic N) is 3. The van der Waals surface area contributed by atoms with Crippen molar-refractivity contribution in [3.05, 3.63) is 34.5 Å². The fourth-order valence-corrected chi connectivity index (χ4v) is 2.94. The molecule has 1 saturated heterocycles. The summed E-state index contributed by atoms with van der Waals surface area (Å²) in [6.45, 7) is 2.46. The molecule has 3 heterocycles. The SMILES string of the molecule is O=C(NCc1ccsc1)c1ncn([C@H]2CCCNC2)n1. The van der Waals surface area contributed by atoms with Crippen LogP contribution < -0.4 is 10.6 Å². The smallest absolute Gasteiger partial charge is 0.291 e. The largest absolute Gasteiger partial charge is 0.345 e. The number of aromatic nitrogens is 3. The topological polar surface area (TPSA) is 71.8 Å². The van der Waals surface area contributed by atoms with E-state index >= 15 is 0 Å². The summed E-state index contributed by atoms with van der Waals surface area (Å²) in [5.41, 5.74) is 1.10. The molecular formula is C13H17N5OS. The maximum atomic E-state index is 12.0.